The first-order chi connectivity index (χ1) is 10.3. The van der Waals surface area contributed by atoms with Crippen LogP contribution in [0.2, 0.25) is 0 Å². The number of rotatable bonds is 3. The number of hydrazone groups is 1. The molecule has 4 nitrogen and oxygen atoms in total. The molecular weight excluding hydrogens is 379 g/mol. The SMILES string of the molecule is S=C(N/N=C/c1ccccn1)NC1CCCCC1.[Cl][Cu][Cl]. The molecule has 0 spiro atoms. The van der Waals surface area contributed by atoms with E-state index in [9.17, 15) is 0 Å². The number of nitrogens with zero attached hydrogens (tertiary/aromatic N) is 2. The van der Waals surface area contributed by atoms with Gasteiger partial charge in [-0.2, -0.15) is 5.10 Å². The summed E-state index contributed by atoms with van der Waals surface area (Å²) in [4.78, 5) is 4.14. The van der Waals surface area contributed by atoms with Crippen LogP contribution in [-0.4, -0.2) is 22.4 Å². The van der Waals surface area contributed by atoms with E-state index in [-0.39, 0.29) is 0 Å². The second-order valence-corrected chi connectivity index (χ2v) is 6.44. The van der Waals surface area contributed by atoms with Crippen LogP contribution in [0.1, 0.15) is 37.8 Å². The van der Waals surface area contributed by atoms with Crippen molar-refractivity contribution in [3.05, 3.63) is 30.1 Å². The number of nitrogens with one attached hydrogen (secondary N) is 2. The van der Waals surface area contributed by atoms with Crippen LogP contribution in [0.4, 0.5) is 0 Å². The molecule has 0 radical (unpaired) electrons. The molecule has 0 atom stereocenters. The maximum atomic E-state index is 5.19. The first-order valence-electron chi connectivity index (χ1n) is 6.58. The Morgan fingerprint density at radius 1 is 1.33 bits per heavy atom. The summed E-state index contributed by atoms with van der Waals surface area (Å²) < 4.78 is 0. The van der Waals surface area contributed by atoms with Gasteiger partial charge >= 0.3 is 33.3 Å². The van der Waals surface area contributed by atoms with Crippen molar-refractivity contribution in [2.45, 2.75) is 38.1 Å². The monoisotopic (exact) mass is 395 g/mol. The summed E-state index contributed by atoms with van der Waals surface area (Å²) in [7, 11) is 9.34. The number of thiocarbonyl (C=S) groups is 1. The van der Waals surface area contributed by atoms with Crippen LogP contribution in [0.15, 0.2) is 29.5 Å². The number of halogens is 2. The number of pyridine rings is 1. The van der Waals surface area contributed by atoms with Crippen LogP contribution in [0.3, 0.4) is 0 Å². The summed E-state index contributed by atoms with van der Waals surface area (Å²) in [5.74, 6) is 0. The Morgan fingerprint density at radius 2 is 2.05 bits per heavy atom. The van der Waals surface area contributed by atoms with Crippen LogP contribution in [0.25, 0.3) is 0 Å². The zero-order valence-electron chi connectivity index (χ0n) is 11.4. The van der Waals surface area contributed by atoms with E-state index in [4.69, 9.17) is 12.2 Å². The fourth-order valence-corrected chi connectivity index (χ4v) is 2.29. The summed E-state index contributed by atoms with van der Waals surface area (Å²) in [6.45, 7) is 0. The molecule has 1 heterocycles. The van der Waals surface area contributed by atoms with Crippen LogP contribution in [-0.2, 0) is 13.1 Å². The summed E-state index contributed by atoms with van der Waals surface area (Å²) >= 11 is 5.95. The van der Waals surface area contributed by atoms with E-state index in [0.717, 1.165) is 18.8 Å². The average Bonchev–Trinajstić information content (AvgIpc) is 2.50. The third kappa shape index (κ3) is 9.27. The molecule has 0 saturated heterocycles. The van der Waals surface area contributed by atoms with Gasteiger partial charge in [-0.25, -0.2) is 0 Å². The second-order valence-electron chi connectivity index (χ2n) is 4.48. The van der Waals surface area contributed by atoms with Gasteiger partial charge in [-0.3, -0.25) is 10.4 Å². The van der Waals surface area contributed by atoms with E-state index >= 15 is 0 Å². The molecule has 1 fully saturated rings. The van der Waals surface area contributed by atoms with Crippen molar-refractivity contribution < 1.29 is 13.1 Å². The Morgan fingerprint density at radius 3 is 2.67 bits per heavy atom. The maximum absolute atomic E-state index is 5.19. The molecule has 2 N–H and O–H groups in total. The molecule has 0 amide bonds. The van der Waals surface area contributed by atoms with Crippen molar-refractivity contribution in [3.8, 4) is 0 Å². The van der Waals surface area contributed by atoms with Crippen molar-refractivity contribution >= 4 is 43.7 Å². The van der Waals surface area contributed by atoms with E-state index in [1.165, 1.54) is 32.1 Å². The van der Waals surface area contributed by atoms with Gasteiger partial charge in [0.15, 0.2) is 5.11 Å². The fourth-order valence-electron chi connectivity index (χ4n) is 2.07. The molecule has 2 rings (SSSR count). The van der Waals surface area contributed by atoms with Gasteiger partial charge < -0.3 is 5.32 Å². The second kappa shape index (κ2) is 12.2. The van der Waals surface area contributed by atoms with Crippen molar-refractivity contribution in [1.82, 2.24) is 15.7 Å². The Labute approximate surface area is 145 Å². The van der Waals surface area contributed by atoms with E-state index in [1.54, 1.807) is 12.4 Å². The van der Waals surface area contributed by atoms with Gasteiger partial charge in [0.2, 0.25) is 0 Å². The first-order valence-corrected chi connectivity index (χ1v) is 9.58. The van der Waals surface area contributed by atoms with Gasteiger partial charge in [0, 0.05) is 12.2 Å². The molecule has 8 heteroatoms. The van der Waals surface area contributed by atoms with Crippen molar-refractivity contribution in [1.29, 1.82) is 0 Å². The zero-order valence-corrected chi connectivity index (χ0v) is 14.6. The Bertz CT molecular complexity index is 427. The van der Waals surface area contributed by atoms with E-state index in [2.05, 4.69) is 41.0 Å². The minimum atomic E-state index is 0.504. The van der Waals surface area contributed by atoms with Gasteiger partial charge in [0.25, 0.3) is 0 Å². The van der Waals surface area contributed by atoms with Crippen molar-refractivity contribution in [3.63, 3.8) is 0 Å². The standard InChI is InChI=1S/C13H18N4S.2ClH.Cu/c18-13(16-11-6-2-1-3-7-11)17-15-10-12-8-4-5-9-14-12;;;/h4-5,8-11H,1-3,6-7H2,(H2,16,17,18);2*1H;/q;;;+2/p-2/b15-10+;;;. The first kappa shape index (κ1) is 18.7. The molecule has 0 unspecified atom stereocenters. The summed E-state index contributed by atoms with van der Waals surface area (Å²) in [5, 5.41) is 7.95. The predicted molar refractivity (Wildman–Crippen MR) is 89.3 cm³/mol. The fraction of sp³-hybridized carbons (Fsp3) is 0.462. The third-order valence-electron chi connectivity index (χ3n) is 2.99. The molecule has 0 aromatic carbocycles. The number of aromatic nitrogens is 1. The average molecular weight is 397 g/mol. The molecule has 21 heavy (non-hydrogen) atoms. The minimum absolute atomic E-state index is 0.504. The quantitative estimate of drug-likeness (QED) is 0.355. The zero-order chi connectivity index (χ0) is 15.3. The molecule has 1 aromatic rings. The van der Waals surface area contributed by atoms with Gasteiger partial charge in [0.1, 0.15) is 0 Å². The van der Waals surface area contributed by atoms with E-state index < -0.39 is 0 Å². The topological polar surface area (TPSA) is 49.3 Å². The van der Waals surface area contributed by atoms with Crippen LogP contribution < -0.4 is 10.7 Å². The van der Waals surface area contributed by atoms with Gasteiger partial charge in [0.05, 0.1) is 11.9 Å². The Kier molecular flexibility index (Phi) is 10.8. The molecule has 0 aliphatic heterocycles. The van der Waals surface area contributed by atoms with E-state index in [0.29, 0.717) is 11.2 Å². The van der Waals surface area contributed by atoms with Crippen molar-refractivity contribution in [2.75, 3.05) is 0 Å². The number of hydrogen-bond donors (Lipinski definition) is 2. The van der Waals surface area contributed by atoms with E-state index in [1.807, 2.05) is 18.2 Å². The molecule has 0 bridgehead atoms. The Hall–Kier alpha value is -0.391. The summed E-state index contributed by atoms with van der Waals surface area (Å²) in [6.07, 6.45) is 9.72. The van der Waals surface area contributed by atoms with Gasteiger partial charge in [-0.05, 0) is 37.2 Å². The summed E-state index contributed by atoms with van der Waals surface area (Å²) in [5.41, 5.74) is 3.64. The molecule has 1 aliphatic carbocycles. The molecule has 1 saturated carbocycles. The molecular formula is C13H18Cl2CuN4S. The van der Waals surface area contributed by atoms with Crippen LogP contribution >= 0.6 is 32.4 Å². The predicted octanol–water partition coefficient (Wildman–Crippen LogP) is 3.59. The van der Waals surface area contributed by atoms with Gasteiger partial charge in [-0.1, -0.05) is 25.3 Å². The number of hydrogen-bond acceptors (Lipinski definition) is 3. The molecule has 1 aromatic heterocycles. The summed E-state index contributed by atoms with van der Waals surface area (Å²) in [6, 6.07) is 6.19. The van der Waals surface area contributed by atoms with Crippen LogP contribution in [0, 0.1) is 0 Å². The third-order valence-corrected chi connectivity index (χ3v) is 3.20. The van der Waals surface area contributed by atoms with Crippen molar-refractivity contribution in [2.24, 2.45) is 5.10 Å². The molecule has 1 aliphatic rings. The normalized spacial score (nSPS) is 15.3. The van der Waals surface area contributed by atoms with Crippen LogP contribution in [0.5, 0.6) is 0 Å². The Balaban J connectivity index is 0.000000677. The molecule has 121 valence electrons. The van der Waals surface area contributed by atoms with Gasteiger partial charge in [-0.15, -0.1) is 0 Å².